The van der Waals surface area contributed by atoms with Crippen molar-refractivity contribution >= 4 is 11.9 Å². The highest BCUT2D eigenvalue weighted by Crippen LogP contribution is 2.19. The van der Waals surface area contributed by atoms with E-state index in [1.807, 2.05) is 0 Å². The third-order valence-electron chi connectivity index (χ3n) is 17.2. The minimum absolute atomic E-state index is 0.00798. The molecule has 0 aliphatic heterocycles. The predicted molar refractivity (Wildman–Crippen MR) is 352 cm³/mol. The van der Waals surface area contributed by atoms with Crippen LogP contribution < -0.4 is 5.32 Å². The van der Waals surface area contributed by atoms with E-state index in [0.29, 0.717) is 25.9 Å². The smallest absolute Gasteiger partial charge is 0.305 e. The van der Waals surface area contributed by atoms with E-state index in [-0.39, 0.29) is 18.5 Å². The molecule has 0 aromatic heterocycles. The van der Waals surface area contributed by atoms with E-state index in [1.54, 1.807) is 0 Å². The van der Waals surface area contributed by atoms with Crippen LogP contribution in [0.25, 0.3) is 0 Å². The molecule has 6 heteroatoms. The van der Waals surface area contributed by atoms with Crippen LogP contribution in [0.3, 0.4) is 0 Å². The first-order chi connectivity index (χ1) is 39.5. The lowest BCUT2D eigenvalue weighted by atomic mass is 10.0. The van der Waals surface area contributed by atoms with Gasteiger partial charge in [-0.1, -0.05) is 346 Å². The summed E-state index contributed by atoms with van der Waals surface area (Å²) >= 11 is 0. The molecule has 0 bridgehead atoms. The second-order valence-corrected chi connectivity index (χ2v) is 25.3. The molecule has 0 saturated heterocycles. The summed E-state index contributed by atoms with van der Waals surface area (Å²) in [6, 6.07) is -0.542. The van der Waals surface area contributed by atoms with Crippen LogP contribution in [0.5, 0.6) is 0 Å². The maximum absolute atomic E-state index is 12.6. The standard InChI is InChI=1S/C74H143NO5/c1-3-5-7-9-11-13-15-17-18-19-20-30-33-36-39-43-46-50-54-58-62-66-72(77)71(70-76)75-73(78)67-63-59-55-51-47-44-40-37-34-31-28-26-24-22-21-23-25-27-29-32-35-38-41-45-49-53-57-61-65-69-80-74(79)68-64-60-56-52-48-42-16-14-12-10-8-6-4-2/h14,16,21,23,71-72,76-77H,3-13,15,17-20,22,24-70H2,1-2H3,(H,75,78)/b16-14-,23-21-. The largest absolute Gasteiger partial charge is 0.466 e. The normalized spacial score (nSPS) is 12.6. The Morgan fingerprint density at radius 1 is 0.338 bits per heavy atom. The second-order valence-electron chi connectivity index (χ2n) is 25.3. The van der Waals surface area contributed by atoms with Gasteiger partial charge in [0, 0.05) is 12.8 Å². The molecule has 2 atom stereocenters. The summed E-state index contributed by atoms with van der Waals surface area (Å²) in [7, 11) is 0. The quantitative estimate of drug-likeness (QED) is 0.0320. The molecule has 0 aliphatic rings. The number of aliphatic hydroxyl groups is 2. The lowest BCUT2D eigenvalue weighted by Gasteiger charge is -2.22. The van der Waals surface area contributed by atoms with Gasteiger partial charge in [-0.3, -0.25) is 9.59 Å². The Morgan fingerprint density at radius 3 is 0.900 bits per heavy atom. The number of hydrogen-bond acceptors (Lipinski definition) is 5. The molecule has 0 spiro atoms. The number of hydrogen-bond donors (Lipinski definition) is 3. The molecule has 0 heterocycles. The zero-order valence-corrected chi connectivity index (χ0v) is 54.3. The number of amides is 1. The molecular formula is C74H143NO5. The predicted octanol–water partition coefficient (Wildman–Crippen LogP) is 23.7. The zero-order valence-electron chi connectivity index (χ0n) is 54.3. The lowest BCUT2D eigenvalue weighted by Crippen LogP contribution is -2.45. The maximum Gasteiger partial charge on any atom is 0.305 e. The first-order valence-corrected chi connectivity index (χ1v) is 36.6. The maximum atomic E-state index is 12.6. The third kappa shape index (κ3) is 65.5. The molecule has 1 amide bonds. The fourth-order valence-electron chi connectivity index (χ4n) is 11.6. The lowest BCUT2D eigenvalue weighted by molar-refractivity contribution is -0.143. The van der Waals surface area contributed by atoms with Crippen molar-refractivity contribution in [3.63, 3.8) is 0 Å². The first-order valence-electron chi connectivity index (χ1n) is 36.6. The Kier molecular flexibility index (Phi) is 68.4. The van der Waals surface area contributed by atoms with Crippen molar-refractivity contribution in [3.05, 3.63) is 24.3 Å². The van der Waals surface area contributed by atoms with Gasteiger partial charge in [-0.05, 0) is 77.0 Å². The van der Waals surface area contributed by atoms with Crippen LogP contribution in [0.2, 0.25) is 0 Å². The van der Waals surface area contributed by atoms with Crippen molar-refractivity contribution in [3.8, 4) is 0 Å². The minimum atomic E-state index is -0.665. The molecule has 0 rings (SSSR count). The van der Waals surface area contributed by atoms with E-state index in [9.17, 15) is 19.8 Å². The molecule has 0 radical (unpaired) electrons. The average Bonchev–Trinajstić information content (AvgIpc) is 3.46. The molecule has 474 valence electrons. The van der Waals surface area contributed by atoms with Gasteiger partial charge in [-0.15, -0.1) is 0 Å². The van der Waals surface area contributed by atoms with Crippen molar-refractivity contribution in [1.29, 1.82) is 0 Å². The highest BCUT2D eigenvalue weighted by atomic mass is 16.5. The van der Waals surface area contributed by atoms with Gasteiger partial charge in [-0.25, -0.2) is 0 Å². The van der Waals surface area contributed by atoms with Crippen molar-refractivity contribution in [2.45, 2.75) is 424 Å². The zero-order chi connectivity index (χ0) is 57.8. The van der Waals surface area contributed by atoms with E-state index >= 15 is 0 Å². The number of carbonyl (C=O) groups is 2. The molecule has 2 unspecified atom stereocenters. The summed E-state index contributed by atoms with van der Waals surface area (Å²) in [4.78, 5) is 24.6. The number of nitrogens with one attached hydrogen (secondary N) is 1. The Hall–Kier alpha value is -1.66. The van der Waals surface area contributed by atoms with Crippen LogP contribution >= 0.6 is 0 Å². The molecule has 0 saturated carbocycles. The average molecular weight is 1130 g/mol. The Bertz CT molecular complexity index is 1250. The van der Waals surface area contributed by atoms with Gasteiger partial charge in [0.05, 0.1) is 25.4 Å². The number of esters is 1. The van der Waals surface area contributed by atoms with Gasteiger partial charge >= 0.3 is 5.97 Å². The molecule has 0 fully saturated rings. The Labute approximate surface area is 501 Å². The topological polar surface area (TPSA) is 95.9 Å². The summed E-state index contributed by atoms with van der Waals surface area (Å²) in [5.74, 6) is -0.0215. The van der Waals surface area contributed by atoms with Gasteiger partial charge in [0.1, 0.15) is 0 Å². The van der Waals surface area contributed by atoms with Crippen molar-refractivity contribution in [2.75, 3.05) is 13.2 Å². The van der Waals surface area contributed by atoms with Crippen LogP contribution in [-0.2, 0) is 14.3 Å². The SMILES string of the molecule is CCCCCC/C=C\CCCCCCCC(=O)OCCCCCCCCCCCCCC/C=C\CCCCCCCCCCCCCCCC(=O)NC(CO)C(O)CCCCCCCCCCCCCCCCCCCCCCC. The van der Waals surface area contributed by atoms with Gasteiger partial charge in [-0.2, -0.15) is 0 Å². The molecule has 6 nitrogen and oxygen atoms in total. The molecule has 80 heavy (non-hydrogen) atoms. The molecule has 0 aliphatic carbocycles. The Morgan fingerprint density at radius 2 is 0.588 bits per heavy atom. The second kappa shape index (κ2) is 69.8. The number of unbranched alkanes of at least 4 members (excludes halogenated alkanes) is 54. The van der Waals surface area contributed by atoms with Gasteiger partial charge in [0.15, 0.2) is 0 Å². The summed E-state index contributed by atoms with van der Waals surface area (Å²) in [5, 5.41) is 23.4. The van der Waals surface area contributed by atoms with Crippen molar-refractivity contribution in [1.82, 2.24) is 5.32 Å². The molecular weight excluding hydrogens is 983 g/mol. The summed E-state index contributed by atoms with van der Waals surface area (Å²) < 4.78 is 5.48. The van der Waals surface area contributed by atoms with Gasteiger partial charge in [0.2, 0.25) is 5.91 Å². The fraction of sp³-hybridized carbons (Fsp3) is 0.919. The minimum Gasteiger partial charge on any atom is -0.466 e. The summed E-state index contributed by atoms with van der Waals surface area (Å²) in [6.07, 6.45) is 88.1. The molecule has 0 aromatic rings. The van der Waals surface area contributed by atoms with E-state index in [1.165, 1.54) is 334 Å². The highest BCUT2D eigenvalue weighted by Gasteiger charge is 2.20. The number of allylic oxidation sites excluding steroid dienone is 4. The van der Waals surface area contributed by atoms with Crippen LogP contribution in [0, 0.1) is 0 Å². The van der Waals surface area contributed by atoms with E-state index < -0.39 is 12.1 Å². The van der Waals surface area contributed by atoms with Crippen molar-refractivity contribution < 1.29 is 24.5 Å². The van der Waals surface area contributed by atoms with Gasteiger partial charge in [0.25, 0.3) is 0 Å². The first kappa shape index (κ1) is 78.3. The number of aliphatic hydroxyl groups excluding tert-OH is 2. The van der Waals surface area contributed by atoms with E-state index in [0.717, 1.165) is 44.9 Å². The monoisotopic (exact) mass is 1130 g/mol. The van der Waals surface area contributed by atoms with E-state index in [4.69, 9.17) is 4.74 Å². The summed E-state index contributed by atoms with van der Waals surface area (Å²) in [5.41, 5.74) is 0. The highest BCUT2D eigenvalue weighted by molar-refractivity contribution is 5.76. The van der Waals surface area contributed by atoms with Crippen LogP contribution in [-0.4, -0.2) is 47.4 Å². The molecule has 0 aromatic carbocycles. The number of carbonyl (C=O) groups excluding carboxylic acids is 2. The summed E-state index contributed by atoms with van der Waals surface area (Å²) in [6.45, 7) is 4.98. The number of rotatable bonds is 69. The van der Waals surface area contributed by atoms with Gasteiger partial charge < -0.3 is 20.3 Å². The van der Waals surface area contributed by atoms with Crippen LogP contribution in [0.4, 0.5) is 0 Å². The van der Waals surface area contributed by atoms with Crippen LogP contribution in [0.1, 0.15) is 412 Å². The van der Waals surface area contributed by atoms with Crippen molar-refractivity contribution in [2.24, 2.45) is 0 Å². The fourth-order valence-corrected chi connectivity index (χ4v) is 11.6. The third-order valence-corrected chi connectivity index (χ3v) is 17.2. The van der Waals surface area contributed by atoms with E-state index in [2.05, 4.69) is 43.5 Å². The molecule has 3 N–H and O–H groups in total. The van der Waals surface area contributed by atoms with Crippen LogP contribution in [0.15, 0.2) is 24.3 Å². The Balaban J connectivity index is 3.37. The number of ether oxygens (including phenoxy) is 1.